The van der Waals surface area contributed by atoms with E-state index in [1.807, 2.05) is 42.5 Å². The topological polar surface area (TPSA) is 52.7 Å². The Labute approximate surface area is 181 Å². The largest absolute Gasteiger partial charge is 0.351 e. The second-order valence-corrected chi connectivity index (χ2v) is 8.17. The van der Waals surface area contributed by atoms with E-state index in [9.17, 15) is 9.59 Å². The zero-order valence-electron chi connectivity index (χ0n) is 17.0. The third-order valence-electron chi connectivity index (χ3n) is 5.50. The lowest BCUT2D eigenvalue weighted by atomic mass is 10.0. The van der Waals surface area contributed by atoms with Crippen molar-refractivity contribution in [3.63, 3.8) is 0 Å². The zero-order valence-corrected chi connectivity index (χ0v) is 18.6. The average molecular weight is 458 g/mol. The summed E-state index contributed by atoms with van der Waals surface area (Å²) >= 11 is 3.44. The summed E-state index contributed by atoms with van der Waals surface area (Å²) in [6.45, 7) is 8.13. The normalized spacial score (nSPS) is 16.5. The van der Waals surface area contributed by atoms with Crippen LogP contribution in [0.15, 0.2) is 53.0 Å². The number of anilines is 1. The summed E-state index contributed by atoms with van der Waals surface area (Å²) in [5, 5.41) is 2.99. The van der Waals surface area contributed by atoms with Gasteiger partial charge in [-0.15, -0.1) is 0 Å². The number of nitrogens with one attached hydrogen (secondary N) is 1. The zero-order chi connectivity index (χ0) is 20.8. The molecule has 6 heteroatoms. The molecule has 2 amide bonds. The van der Waals surface area contributed by atoms with Gasteiger partial charge in [0.15, 0.2) is 0 Å². The molecule has 3 rings (SSSR count). The lowest BCUT2D eigenvalue weighted by molar-refractivity contribution is -0.132. The van der Waals surface area contributed by atoms with Gasteiger partial charge in [0.1, 0.15) is 5.92 Å². The minimum atomic E-state index is -0.621. The van der Waals surface area contributed by atoms with Crippen LogP contribution >= 0.6 is 15.9 Å². The summed E-state index contributed by atoms with van der Waals surface area (Å²) in [5.74, 6) is -0.939. The first kappa shape index (κ1) is 21.5. The van der Waals surface area contributed by atoms with Gasteiger partial charge in [0.2, 0.25) is 11.8 Å². The van der Waals surface area contributed by atoms with Crippen LogP contribution in [0.3, 0.4) is 0 Å². The molecule has 5 nitrogen and oxygen atoms in total. The van der Waals surface area contributed by atoms with Gasteiger partial charge in [-0.05, 0) is 48.8 Å². The highest BCUT2D eigenvalue weighted by atomic mass is 79.9. The van der Waals surface area contributed by atoms with E-state index in [1.54, 1.807) is 4.90 Å². The highest BCUT2D eigenvalue weighted by Crippen LogP contribution is 2.27. The number of rotatable bonds is 8. The van der Waals surface area contributed by atoms with Gasteiger partial charge < -0.3 is 10.2 Å². The number of carbonyl (C=O) groups excluding carboxylic acids is 2. The third-order valence-corrected chi connectivity index (χ3v) is 5.99. The van der Waals surface area contributed by atoms with Crippen LogP contribution in [0.4, 0.5) is 5.69 Å². The van der Waals surface area contributed by atoms with E-state index in [-0.39, 0.29) is 11.8 Å². The van der Waals surface area contributed by atoms with Crippen molar-refractivity contribution in [3.8, 4) is 0 Å². The smallest absolute Gasteiger partial charge is 0.239 e. The van der Waals surface area contributed by atoms with Crippen LogP contribution in [0.5, 0.6) is 0 Å². The van der Waals surface area contributed by atoms with E-state index < -0.39 is 5.92 Å². The Hall–Kier alpha value is -2.18. The number of nitrogens with zero attached hydrogens (tertiary/aromatic N) is 2. The Kier molecular flexibility index (Phi) is 7.45. The monoisotopic (exact) mass is 457 g/mol. The second-order valence-electron chi connectivity index (χ2n) is 7.26. The fourth-order valence-corrected chi connectivity index (χ4v) is 4.09. The van der Waals surface area contributed by atoms with Gasteiger partial charge in [-0.3, -0.25) is 14.5 Å². The highest BCUT2D eigenvalue weighted by molar-refractivity contribution is 9.10. The standard InChI is InChI=1S/C23H28BrN3O2/c1-3-26(4-2)16-18-9-6-5-8-17(18)15-25-22(28)21-12-13-27(23(21)29)20-11-7-10-19(24)14-20/h5-11,14,21H,3-4,12-13,15-16H2,1-2H3,(H,25,28). The molecule has 0 aliphatic carbocycles. The van der Waals surface area contributed by atoms with Crippen LogP contribution in [-0.2, 0) is 22.7 Å². The van der Waals surface area contributed by atoms with Crippen molar-refractivity contribution in [1.82, 2.24) is 10.2 Å². The molecule has 1 fully saturated rings. The van der Waals surface area contributed by atoms with Crippen molar-refractivity contribution in [2.24, 2.45) is 5.92 Å². The molecule has 1 N–H and O–H groups in total. The average Bonchev–Trinajstić information content (AvgIpc) is 3.12. The van der Waals surface area contributed by atoms with Crippen LogP contribution in [0.1, 0.15) is 31.4 Å². The summed E-state index contributed by atoms with van der Waals surface area (Å²) in [7, 11) is 0. The fraction of sp³-hybridized carbons (Fsp3) is 0.391. The molecule has 1 unspecified atom stereocenters. The van der Waals surface area contributed by atoms with Gasteiger partial charge in [-0.2, -0.15) is 0 Å². The molecule has 0 bridgehead atoms. The Morgan fingerprint density at radius 2 is 1.86 bits per heavy atom. The number of benzene rings is 2. The van der Waals surface area contributed by atoms with Crippen molar-refractivity contribution < 1.29 is 9.59 Å². The minimum absolute atomic E-state index is 0.128. The first-order valence-electron chi connectivity index (χ1n) is 10.2. The molecule has 1 saturated heterocycles. The third kappa shape index (κ3) is 5.25. The molecule has 0 saturated carbocycles. The van der Waals surface area contributed by atoms with Crippen molar-refractivity contribution in [2.75, 3.05) is 24.5 Å². The summed E-state index contributed by atoms with van der Waals surface area (Å²) in [5.41, 5.74) is 3.14. The predicted molar refractivity (Wildman–Crippen MR) is 120 cm³/mol. The molecule has 0 radical (unpaired) electrons. The maximum Gasteiger partial charge on any atom is 0.239 e. The van der Waals surface area contributed by atoms with Gasteiger partial charge in [-0.1, -0.05) is 60.1 Å². The number of amides is 2. The Morgan fingerprint density at radius 3 is 2.55 bits per heavy atom. The van der Waals surface area contributed by atoms with E-state index in [2.05, 4.69) is 46.1 Å². The molecular formula is C23H28BrN3O2. The van der Waals surface area contributed by atoms with E-state index in [0.717, 1.165) is 35.4 Å². The van der Waals surface area contributed by atoms with Crippen LogP contribution in [0, 0.1) is 5.92 Å². The first-order chi connectivity index (χ1) is 14.0. The maximum atomic E-state index is 12.8. The molecule has 2 aromatic rings. The lowest BCUT2D eigenvalue weighted by Gasteiger charge is -2.20. The van der Waals surface area contributed by atoms with Gasteiger partial charge in [0, 0.05) is 29.8 Å². The van der Waals surface area contributed by atoms with E-state index >= 15 is 0 Å². The predicted octanol–water partition coefficient (Wildman–Crippen LogP) is 3.96. The van der Waals surface area contributed by atoms with Gasteiger partial charge in [0.25, 0.3) is 0 Å². The molecule has 1 heterocycles. The number of carbonyl (C=O) groups is 2. The molecule has 29 heavy (non-hydrogen) atoms. The summed E-state index contributed by atoms with van der Waals surface area (Å²) in [4.78, 5) is 29.6. The second kappa shape index (κ2) is 10.0. The molecule has 1 aliphatic rings. The van der Waals surface area contributed by atoms with Crippen molar-refractivity contribution >= 4 is 33.4 Å². The number of hydrogen-bond acceptors (Lipinski definition) is 3. The molecule has 2 aromatic carbocycles. The van der Waals surface area contributed by atoms with Crippen molar-refractivity contribution in [2.45, 2.75) is 33.4 Å². The highest BCUT2D eigenvalue weighted by Gasteiger charge is 2.37. The molecule has 0 spiro atoms. The van der Waals surface area contributed by atoms with Crippen LogP contribution in [0.25, 0.3) is 0 Å². The molecular weight excluding hydrogens is 430 g/mol. The first-order valence-corrected chi connectivity index (χ1v) is 11.0. The molecule has 1 atom stereocenters. The van der Waals surface area contributed by atoms with Gasteiger partial charge in [0.05, 0.1) is 0 Å². The van der Waals surface area contributed by atoms with Crippen molar-refractivity contribution in [1.29, 1.82) is 0 Å². The van der Waals surface area contributed by atoms with Gasteiger partial charge >= 0.3 is 0 Å². The quantitative estimate of drug-likeness (QED) is 0.610. The molecule has 154 valence electrons. The Bertz CT molecular complexity index is 867. The molecule has 0 aromatic heterocycles. The lowest BCUT2D eigenvalue weighted by Crippen LogP contribution is -2.36. The molecule has 1 aliphatic heterocycles. The van der Waals surface area contributed by atoms with Crippen molar-refractivity contribution in [3.05, 3.63) is 64.1 Å². The minimum Gasteiger partial charge on any atom is -0.351 e. The number of hydrogen-bond donors (Lipinski definition) is 1. The summed E-state index contributed by atoms with van der Waals surface area (Å²) in [6, 6.07) is 15.8. The van der Waals surface area contributed by atoms with Gasteiger partial charge in [-0.25, -0.2) is 0 Å². The Morgan fingerprint density at radius 1 is 1.14 bits per heavy atom. The summed E-state index contributed by atoms with van der Waals surface area (Å²) < 4.78 is 0.917. The number of halogens is 1. The van der Waals surface area contributed by atoms with Crippen LogP contribution < -0.4 is 10.2 Å². The van der Waals surface area contributed by atoms with E-state index in [4.69, 9.17) is 0 Å². The fourth-order valence-electron chi connectivity index (χ4n) is 3.70. The maximum absolute atomic E-state index is 12.8. The van der Waals surface area contributed by atoms with Crippen LogP contribution in [-0.4, -0.2) is 36.3 Å². The Balaban J connectivity index is 1.62. The summed E-state index contributed by atoms with van der Waals surface area (Å²) in [6.07, 6.45) is 0.540. The SMILES string of the molecule is CCN(CC)Cc1ccccc1CNC(=O)C1CCN(c2cccc(Br)c2)C1=O. The van der Waals surface area contributed by atoms with E-state index in [0.29, 0.717) is 19.5 Å². The van der Waals surface area contributed by atoms with Crippen LogP contribution in [0.2, 0.25) is 0 Å². The van der Waals surface area contributed by atoms with E-state index in [1.165, 1.54) is 5.56 Å².